The second kappa shape index (κ2) is 6.62. The maximum absolute atomic E-state index is 12.0. The van der Waals surface area contributed by atoms with E-state index in [0.717, 1.165) is 32.1 Å². The van der Waals surface area contributed by atoms with Gasteiger partial charge in [0.15, 0.2) is 0 Å². The Labute approximate surface area is 146 Å². The molecular weight excluding hydrogens is 322 g/mol. The van der Waals surface area contributed by atoms with E-state index in [-0.39, 0.29) is 11.9 Å². The van der Waals surface area contributed by atoms with Gasteiger partial charge in [0.1, 0.15) is 11.4 Å². The average molecular weight is 345 g/mol. The summed E-state index contributed by atoms with van der Waals surface area (Å²) < 4.78 is 10.3. The van der Waals surface area contributed by atoms with Crippen LogP contribution in [0, 0.1) is 0 Å². The molecule has 0 amide bonds. The van der Waals surface area contributed by atoms with Crippen LogP contribution in [-0.2, 0) is 4.74 Å². The van der Waals surface area contributed by atoms with Crippen molar-refractivity contribution in [3.8, 4) is 5.75 Å². The molecule has 1 heterocycles. The van der Waals surface area contributed by atoms with Crippen LogP contribution < -0.4 is 21.1 Å². The van der Waals surface area contributed by atoms with Crippen molar-refractivity contribution < 1.29 is 14.3 Å². The van der Waals surface area contributed by atoms with Crippen molar-refractivity contribution in [1.29, 1.82) is 0 Å². The molecule has 2 aliphatic rings. The molecule has 25 heavy (non-hydrogen) atoms. The summed E-state index contributed by atoms with van der Waals surface area (Å²) in [7, 11) is 2.91. The van der Waals surface area contributed by atoms with E-state index >= 15 is 0 Å². The van der Waals surface area contributed by atoms with E-state index < -0.39 is 11.6 Å². The van der Waals surface area contributed by atoms with E-state index in [4.69, 9.17) is 20.9 Å². The van der Waals surface area contributed by atoms with Gasteiger partial charge < -0.3 is 20.9 Å². The number of esters is 1. The second-order valence-electron chi connectivity index (χ2n) is 6.20. The summed E-state index contributed by atoms with van der Waals surface area (Å²) in [5.41, 5.74) is 12.6. The lowest BCUT2D eigenvalue weighted by molar-refractivity contribution is 0.0600. The number of hydrogen-bond acceptors (Lipinski definition) is 8. The van der Waals surface area contributed by atoms with Crippen molar-refractivity contribution in [3.05, 3.63) is 23.8 Å². The second-order valence-corrected chi connectivity index (χ2v) is 6.20. The molecule has 1 aliphatic carbocycles. The summed E-state index contributed by atoms with van der Waals surface area (Å²) >= 11 is 0. The van der Waals surface area contributed by atoms with E-state index in [1.54, 1.807) is 25.3 Å². The molecule has 0 bridgehead atoms. The summed E-state index contributed by atoms with van der Waals surface area (Å²) in [6.07, 6.45) is 4.77. The topological polar surface area (TPSA) is 116 Å². The Morgan fingerprint density at radius 1 is 1.20 bits per heavy atom. The van der Waals surface area contributed by atoms with Crippen LogP contribution in [0.25, 0.3) is 0 Å². The maximum atomic E-state index is 12.0. The molecule has 1 aromatic rings. The predicted octanol–water partition coefficient (Wildman–Crippen LogP) is 1.59. The number of anilines is 1. The van der Waals surface area contributed by atoms with Gasteiger partial charge in [0, 0.05) is 0 Å². The van der Waals surface area contributed by atoms with E-state index in [9.17, 15) is 4.79 Å². The summed E-state index contributed by atoms with van der Waals surface area (Å²) in [4.78, 5) is 22.6. The van der Waals surface area contributed by atoms with Crippen molar-refractivity contribution >= 4 is 23.6 Å². The van der Waals surface area contributed by atoms with Crippen LogP contribution in [0.15, 0.2) is 28.2 Å². The van der Waals surface area contributed by atoms with Crippen LogP contribution in [-0.4, -0.2) is 37.8 Å². The van der Waals surface area contributed by atoms with Crippen LogP contribution in [0.1, 0.15) is 42.5 Å². The summed E-state index contributed by atoms with van der Waals surface area (Å²) in [5, 5.41) is 0. The molecule has 4 N–H and O–H groups in total. The Kier molecular flexibility index (Phi) is 4.52. The highest BCUT2D eigenvalue weighted by molar-refractivity contribution is 6.07. The van der Waals surface area contributed by atoms with Gasteiger partial charge in [-0.05, 0) is 43.9 Å². The molecule has 1 saturated carbocycles. The summed E-state index contributed by atoms with van der Waals surface area (Å²) in [6.45, 7) is 0. The zero-order valence-corrected chi connectivity index (χ0v) is 14.5. The van der Waals surface area contributed by atoms with E-state index in [0.29, 0.717) is 17.0 Å². The number of aliphatic imine (C=N–C) groups is 2. The Morgan fingerprint density at radius 3 is 2.56 bits per heavy atom. The number of rotatable bonds is 3. The van der Waals surface area contributed by atoms with Crippen LogP contribution in [0.5, 0.6) is 5.75 Å². The van der Waals surface area contributed by atoms with Gasteiger partial charge in [-0.25, -0.2) is 9.79 Å². The largest absolute Gasteiger partial charge is 0.495 e. The zero-order valence-electron chi connectivity index (χ0n) is 14.5. The maximum Gasteiger partial charge on any atom is 0.337 e. The van der Waals surface area contributed by atoms with Gasteiger partial charge in [0.05, 0.1) is 25.5 Å². The van der Waals surface area contributed by atoms with Gasteiger partial charge in [-0.1, -0.05) is 6.42 Å². The first-order valence-corrected chi connectivity index (χ1v) is 8.27. The summed E-state index contributed by atoms with van der Waals surface area (Å²) in [6, 6.07) is 5.06. The number of carbonyl (C=O) groups excluding carboxylic acids is 1. The first kappa shape index (κ1) is 17.1. The first-order valence-electron chi connectivity index (χ1n) is 8.27. The number of ether oxygens (including phenoxy) is 2. The van der Waals surface area contributed by atoms with Gasteiger partial charge in [-0.3, -0.25) is 4.90 Å². The molecule has 8 heteroatoms. The highest BCUT2D eigenvalue weighted by Crippen LogP contribution is 2.42. The van der Waals surface area contributed by atoms with Crippen LogP contribution in [0.4, 0.5) is 5.69 Å². The third-order valence-corrected chi connectivity index (χ3v) is 4.69. The number of benzene rings is 1. The molecule has 0 radical (unpaired) electrons. The van der Waals surface area contributed by atoms with Crippen molar-refractivity contribution in [2.75, 3.05) is 19.1 Å². The van der Waals surface area contributed by atoms with Gasteiger partial charge in [-0.2, -0.15) is 4.99 Å². The lowest BCUT2D eigenvalue weighted by Crippen LogP contribution is -2.58. The molecule has 0 unspecified atom stereocenters. The zero-order chi connectivity index (χ0) is 18.0. The molecular formula is C17H23N5O3. The molecule has 3 rings (SSSR count). The lowest BCUT2D eigenvalue weighted by Gasteiger charge is -2.45. The van der Waals surface area contributed by atoms with Gasteiger partial charge in [0.2, 0.25) is 11.9 Å². The van der Waals surface area contributed by atoms with Crippen molar-refractivity contribution in [2.45, 2.75) is 37.8 Å². The number of carbonyl (C=O) groups is 1. The number of guanidine groups is 2. The molecule has 0 atom stereocenters. The number of nitrogens with two attached hydrogens (primary N) is 2. The van der Waals surface area contributed by atoms with Crippen LogP contribution in [0.2, 0.25) is 0 Å². The predicted molar refractivity (Wildman–Crippen MR) is 95.9 cm³/mol. The first-order chi connectivity index (χ1) is 12.0. The Balaban J connectivity index is 2.14. The normalized spacial score (nSPS) is 19.2. The van der Waals surface area contributed by atoms with Crippen LogP contribution in [0.3, 0.4) is 0 Å². The monoisotopic (exact) mass is 345 g/mol. The average Bonchev–Trinajstić information content (AvgIpc) is 2.60. The molecule has 0 saturated heterocycles. The minimum Gasteiger partial charge on any atom is -0.495 e. The Hall–Kier alpha value is -2.77. The minimum absolute atomic E-state index is 0.179. The summed E-state index contributed by atoms with van der Waals surface area (Å²) in [5.74, 6) is 0.567. The van der Waals surface area contributed by atoms with Crippen molar-refractivity contribution in [2.24, 2.45) is 21.5 Å². The lowest BCUT2D eigenvalue weighted by atomic mass is 9.87. The van der Waals surface area contributed by atoms with Gasteiger partial charge >= 0.3 is 5.97 Å². The Bertz CT molecular complexity index is 738. The van der Waals surface area contributed by atoms with Gasteiger partial charge in [-0.15, -0.1) is 0 Å². The molecule has 1 spiro atoms. The molecule has 1 fully saturated rings. The highest BCUT2D eigenvalue weighted by Gasteiger charge is 2.43. The molecule has 8 nitrogen and oxygen atoms in total. The van der Waals surface area contributed by atoms with E-state index in [2.05, 4.69) is 9.98 Å². The molecule has 1 aliphatic heterocycles. The van der Waals surface area contributed by atoms with Gasteiger partial charge in [0.25, 0.3) is 0 Å². The Morgan fingerprint density at radius 2 is 1.92 bits per heavy atom. The number of nitrogens with zero attached hydrogens (tertiary/aromatic N) is 3. The molecule has 134 valence electrons. The number of hydrogen-bond donors (Lipinski definition) is 2. The molecule has 0 aromatic heterocycles. The quantitative estimate of drug-likeness (QED) is 0.804. The SMILES string of the molecule is COC(=O)c1ccc(OC)c(N2C(N)=NC(N)=NC23CCCCC3)c1. The highest BCUT2D eigenvalue weighted by atomic mass is 16.5. The molecule has 1 aromatic carbocycles. The third kappa shape index (κ3) is 2.99. The van der Waals surface area contributed by atoms with E-state index in [1.807, 2.05) is 4.90 Å². The fourth-order valence-corrected chi connectivity index (χ4v) is 3.58. The van der Waals surface area contributed by atoms with Crippen molar-refractivity contribution in [3.63, 3.8) is 0 Å². The smallest absolute Gasteiger partial charge is 0.337 e. The number of methoxy groups -OCH3 is 2. The third-order valence-electron chi connectivity index (χ3n) is 4.69. The fourth-order valence-electron chi connectivity index (χ4n) is 3.58. The standard InChI is InChI=1S/C17H23N5O3/c1-24-13-7-6-11(14(23)25-2)10-12(13)22-16(19)20-15(18)21-17(22)8-4-3-5-9-17/h6-7,10H,3-5,8-9H2,1-2H3,(H4,18,19,20,21). The fraction of sp³-hybridized carbons (Fsp3) is 0.471. The van der Waals surface area contributed by atoms with Crippen LogP contribution >= 0.6 is 0 Å². The van der Waals surface area contributed by atoms with E-state index in [1.165, 1.54) is 7.11 Å². The minimum atomic E-state index is -0.601. The van der Waals surface area contributed by atoms with Crippen molar-refractivity contribution in [1.82, 2.24) is 0 Å².